The number of phenolic OH excluding ortho intramolecular Hbond substituents is 1. The molecule has 1 aliphatic heterocycles. The number of nitrogens with zero attached hydrogens (tertiary/aromatic N) is 1. The largest absolute Gasteiger partial charge is 0.508 e. The van der Waals surface area contributed by atoms with Crippen molar-refractivity contribution in [3.63, 3.8) is 0 Å². The van der Waals surface area contributed by atoms with E-state index < -0.39 is 0 Å². The van der Waals surface area contributed by atoms with Crippen molar-refractivity contribution < 1.29 is 19.4 Å². The number of phenols is 1. The first-order valence-electron chi connectivity index (χ1n) is 8.35. The molecule has 132 valence electrons. The zero-order valence-corrected chi connectivity index (χ0v) is 14.2. The van der Waals surface area contributed by atoms with E-state index in [1.807, 2.05) is 37.3 Å². The quantitative estimate of drug-likeness (QED) is 0.845. The molecular weight excluding hydrogens is 320 g/mol. The van der Waals surface area contributed by atoms with E-state index >= 15 is 0 Å². The van der Waals surface area contributed by atoms with Crippen molar-refractivity contribution in [2.45, 2.75) is 26.4 Å². The maximum Gasteiger partial charge on any atom is 0.317 e. The number of amides is 2. The third kappa shape index (κ3) is 4.15. The zero-order chi connectivity index (χ0) is 17.6. The molecule has 2 N–H and O–H groups in total. The average Bonchev–Trinajstić information content (AvgIpc) is 3.09. The van der Waals surface area contributed by atoms with Crippen molar-refractivity contribution in [3.05, 3.63) is 53.6 Å². The van der Waals surface area contributed by atoms with Crippen LogP contribution < -0.4 is 14.8 Å². The molecule has 0 radical (unpaired) electrons. The molecule has 2 aromatic carbocycles. The average molecular weight is 342 g/mol. The van der Waals surface area contributed by atoms with Crippen LogP contribution in [0.25, 0.3) is 0 Å². The van der Waals surface area contributed by atoms with Gasteiger partial charge in [0.15, 0.2) is 11.5 Å². The Morgan fingerprint density at radius 1 is 1.20 bits per heavy atom. The van der Waals surface area contributed by atoms with Crippen molar-refractivity contribution in [2.75, 3.05) is 13.3 Å². The van der Waals surface area contributed by atoms with Gasteiger partial charge in [0.1, 0.15) is 5.75 Å². The molecule has 0 unspecified atom stereocenters. The first-order chi connectivity index (χ1) is 12.2. The van der Waals surface area contributed by atoms with Crippen LogP contribution in [-0.4, -0.2) is 29.4 Å². The lowest BCUT2D eigenvalue weighted by atomic mass is 10.2. The van der Waals surface area contributed by atoms with Gasteiger partial charge in [-0.1, -0.05) is 31.2 Å². The summed E-state index contributed by atoms with van der Waals surface area (Å²) in [5.74, 6) is 1.63. The van der Waals surface area contributed by atoms with Crippen LogP contribution >= 0.6 is 0 Å². The predicted molar refractivity (Wildman–Crippen MR) is 93.6 cm³/mol. The third-order valence-corrected chi connectivity index (χ3v) is 4.01. The van der Waals surface area contributed by atoms with Crippen molar-refractivity contribution in [1.82, 2.24) is 10.2 Å². The normalized spacial score (nSPS) is 12.0. The van der Waals surface area contributed by atoms with Gasteiger partial charge < -0.3 is 24.8 Å². The van der Waals surface area contributed by atoms with E-state index in [0.717, 1.165) is 23.3 Å². The van der Waals surface area contributed by atoms with Gasteiger partial charge in [0, 0.05) is 18.7 Å². The molecular formula is C19H22N2O4. The molecule has 0 aromatic heterocycles. The Kier molecular flexibility index (Phi) is 5.28. The van der Waals surface area contributed by atoms with Gasteiger partial charge >= 0.3 is 6.03 Å². The highest BCUT2D eigenvalue weighted by atomic mass is 16.7. The summed E-state index contributed by atoms with van der Waals surface area (Å²) in [7, 11) is 0. The Hall–Kier alpha value is -2.89. The fraction of sp³-hybridized carbons (Fsp3) is 0.316. The van der Waals surface area contributed by atoms with Crippen molar-refractivity contribution in [1.29, 1.82) is 0 Å². The maximum atomic E-state index is 12.5. The number of fused-ring (bicyclic) bond motifs is 1. The molecule has 0 saturated heterocycles. The molecule has 6 nitrogen and oxygen atoms in total. The number of rotatable bonds is 6. The van der Waals surface area contributed by atoms with Gasteiger partial charge in [-0.25, -0.2) is 4.79 Å². The van der Waals surface area contributed by atoms with E-state index in [0.29, 0.717) is 25.4 Å². The van der Waals surface area contributed by atoms with Gasteiger partial charge in [-0.3, -0.25) is 0 Å². The maximum absolute atomic E-state index is 12.5. The van der Waals surface area contributed by atoms with Gasteiger partial charge in [0.25, 0.3) is 0 Å². The highest BCUT2D eigenvalue weighted by molar-refractivity contribution is 5.74. The second-order valence-corrected chi connectivity index (χ2v) is 5.90. The smallest absolute Gasteiger partial charge is 0.317 e. The van der Waals surface area contributed by atoms with Gasteiger partial charge in [0.05, 0.1) is 6.54 Å². The van der Waals surface area contributed by atoms with Crippen molar-refractivity contribution >= 4 is 6.03 Å². The first-order valence-corrected chi connectivity index (χ1v) is 8.35. The summed E-state index contributed by atoms with van der Waals surface area (Å²) in [4.78, 5) is 14.2. The van der Waals surface area contributed by atoms with E-state index in [1.165, 1.54) is 0 Å². The van der Waals surface area contributed by atoms with Crippen LogP contribution in [0, 0.1) is 0 Å². The molecule has 2 aromatic rings. The molecule has 0 spiro atoms. The van der Waals surface area contributed by atoms with E-state index in [-0.39, 0.29) is 18.6 Å². The zero-order valence-electron chi connectivity index (χ0n) is 14.2. The molecule has 0 atom stereocenters. The number of hydrogen-bond donors (Lipinski definition) is 2. The monoisotopic (exact) mass is 342 g/mol. The lowest BCUT2D eigenvalue weighted by Gasteiger charge is -2.23. The summed E-state index contributed by atoms with van der Waals surface area (Å²) >= 11 is 0. The third-order valence-electron chi connectivity index (χ3n) is 4.01. The molecule has 25 heavy (non-hydrogen) atoms. The molecule has 0 aliphatic carbocycles. The molecule has 1 aliphatic rings. The number of benzene rings is 2. The number of urea groups is 1. The first kappa shape index (κ1) is 17.0. The fourth-order valence-electron chi connectivity index (χ4n) is 2.71. The highest BCUT2D eigenvalue weighted by Gasteiger charge is 2.16. The minimum absolute atomic E-state index is 0.164. The number of aromatic hydroxyl groups is 1. The molecule has 3 rings (SSSR count). The van der Waals surface area contributed by atoms with Crippen LogP contribution in [0.3, 0.4) is 0 Å². The molecule has 1 heterocycles. The lowest BCUT2D eigenvalue weighted by Crippen LogP contribution is -2.39. The number of para-hydroxylation sites is 1. The molecule has 6 heteroatoms. The Bertz CT molecular complexity index is 748. The molecule has 2 amide bonds. The molecule has 0 saturated carbocycles. The summed E-state index contributed by atoms with van der Waals surface area (Å²) in [5, 5.41) is 12.8. The number of carbonyl (C=O) groups is 1. The fourth-order valence-corrected chi connectivity index (χ4v) is 2.71. The SMILES string of the molecule is CCCN(Cc1ccccc1O)C(=O)NCc1ccc2c(c1)OCO2. The standard InChI is InChI=1S/C19H22N2O4/c1-2-9-21(12-15-5-3-4-6-16(15)22)19(23)20-11-14-7-8-17-18(10-14)25-13-24-17/h3-8,10,22H,2,9,11-13H2,1H3,(H,20,23). The minimum Gasteiger partial charge on any atom is -0.508 e. The summed E-state index contributed by atoms with van der Waals surface area (Å²) in [5.41, 5.74) is 1.67. The second kappa shape index (κ2) is 7.79. The topological polar surface area (TPSA) is 71.0 Å². The number of carbonyl (C=O) groups excluding carboxylic acids is 1. The Balaban J connectivity index is 1.62. The summed E-state index contributed by atoms with van der Waals surface area (Å²) < 4.78 is 10.6. The number of nitrogens with one attached hydrogen (secondary N) is 1. The lowest BCUT2D eigenvalue weighted by molar-refractivity contribution is 0.174. The van der Waals surface area contributed by atoms with Gasteiger partial charge in [-0.15, -0.1) is 0 Å². The van der Waals surface area contributed by atoms with Gasteiger partial charge in [0.2, 0.25) is 6.79 Å². The Morgan fingerprint density at radius 2 is 2.00 bits per heavy atom. The van der Waals surface area contributed by atoms with Gasteiger partial charge in [-0.05, 0) is 30.2 Å². The predicted octanol–water partition coefficient (Wildman–Crippen LogP) is 3.24. The Labute approximate surface area is 147 Å². The van der Waals surface area contributed by atoms with Crippen LogP contribution in [0.1, 0.15) is 24.5 Å². The van der Waals surface area contributed by atoms with Crippen LogP contribution in [-0.2, 0) is 13.1 Å². The molecule has 0 bridgehead atoms. The number of hydrogen-bond acceptors (Lipinski definition) is 4. The summed E-state index contributed by atoms with van der Waals surface area (Å²) in [6.45, 7) is 3.63. The summed E-state index contributed by atoms with van der Waals surface area (Å²) in [6.07, 6.45) is 0.838. The van der Waals surface area contributed by atoms with E-state index in [4.69, 9.17) is 9.47 Å². The van der Waals surface area contributed by atoms with Gasteiger partial charge in [-0.2, -0.15) is 0 Å². The van der Waals surface area contributed by atoms with Crippen molar-refractivity contribution in [2.24, 2.45) is 0 Å². The van der Waals surface area contributed by atoms with Crippen LogP contribution in [0.15, 0.2) is 42.5 Å². The van der Waals surface area contributed by atoms with E-state index in [2.05, 4.69) is 5.32 Å². The second-order valence-electron chi connectivity index (χ2n) is 5.90. The van der Waals surface area contributed by atoms with Crippen LogP contribution in [0.5, 0.6) is 17.2 Å². The highest BCUT2D eigenvalue weighted by Crippen LogP contribution is 2.32. The van der Waals surface area contributed by atoms with E-state index in [1.54, 1.807) is 17.0 Å². The number of ether oxygens (including phenoxy) is 2. The van der Waals surface area contributed by atoms with E-state index in [9.17, 15) is 9.90 Å². The van der Waals surface area contributed by atoms with Crippen molar-refractivity contribution in [3.8, 4) is 17.2 Å². The summed E-state index contributed by atoms with van der Waals surface area (Å²) in [6, 6.07) is 12.5. The molecule has 0 fully saturated rings. The minimum atomic E-state index is -0.164. The Morgan fingerprint density at radius 3 is 2.80 bits per heavy atom. The van der Waals surface area contributed by atoms with Crippen LogP contribution in [0.4, 0.5) is 4.79 Å². The van der Waals surface area contributed by atoms with Crippen LogP contribution in [0.2, 0.25) is 0 Å².